The van der Waals surface area contributed by atoms with Gasteiger partial charge in [0, 0.05) is 17.8 Å². The maximum atomic E-state index is 5.49. The molecular formula is C17H25N3O. The molecule has 114 valence electrons. The van der Waals surface area contributed by atoms with Crippen LogP contribution < -0.4 is 10.1 Å². The molecule has 0 bridgehead atoms. The topological polar surface area (TPSA) is 39.1 Å². The van der Waals surface area contributed by atoms with Gasteiger partial charge in [-0.2, -0.15) is 5.10 Å². The van der Waals surface area contributed by atoms with Gasteiger partial charge in [-0.15, -0.1) is 0 Å². The summed E-state index contributed by atoms with van der Waals surface area (Å²) >= 11 is 0. The highest BCUT2D eigenvalue weighted by atomic mass is 16.5. The first-order valence-electron chi connectivity index (χ1n) is 7.44. The summed E-state index contributed by atoms with van der Waals surface area (Å²) in [5, 5.41) is 7.97. The van der Waals surface area contributed by atoms with Gasteiger partial charge in [0.1, 0.15) is 5.75 Å². The molecule has 0 aliphatic rings. The Labute approximate surface area is 127 Å². The van der Waals surface area contributed by atoms with Crippen molar-refractivity contribution in [2.45, 2.75) is 40.8 Å². The standard InChI is InChI=1S/C17H25N3O/c1-6-18-10-15-7-8-17(21-5)16(9-15)11-20-14(4)12(2)13(3)19-20/h7-9,18H,6,10-11H2,1-5H3. The van der Waals surface area contributed by atoms with Gasteiger partial charge in [-0.1, -0.05) is 13.0 Å². The molecule has 1 N–H and O–H groups in total. The summed E-state index contributed by atoms with van der Waals surface area (Å²) in [4.78, 5) is 0. The first-order valence-corrected chi connectivity index (χ1v) is 7.44. The van der Waals surface area contributed by atoms with Crippen LogP contribution in [-0.2, 0) is 13.1 Å². The van der Waals surface area contributed by atoms with Crippen LogP contribution in [0.5, 0.6) is 5.75 Å². The smallest absolute Gasteiger partial charge is 0.123 e. The Balaban J connectivity index is 2.30. The largest absolute Gasteiger partial charge is 0.496 e. The molecule has 0 atom stereocenters. The van der Waals surface area contributed by atoms with Crippen LogP contribution in [-0.4, -0.2) is 23.4 Å². The minimum absolute atomic E-state index is 0.740. The van der Waals surface area contributed by atoms with Gasteiger partial charge in [-0.3, -0.25) is 4.68 Å². The van der Waals surface area contributed by atoms with E-state index in [1.54, 1.807) is 7.11 Å². The number of methoxy groups -OCH3 is 1. The van der Waals surface area contributed by atoms with Crippen LogP contribution >= 0.6 is 0 Å². The molecule has 4 heteroatoms. The first-order chi connectivity index (χ1) is 10.1. The van der Waals surface area contributed by atoms with Crippen molar-refractivity contribution in [3.8, 4) is 5.75 Å². The van der Waals surface area contributed by atoms with E-state index in [1.165, 1.54) is 22.4 Å². The van der Waals surface area contributed by atoms with E-state index in [1.807, 2.05) is 6.07 Å². The molecule has 0 spiro atoms. The highest BCUT2D eigenvalue weighted by Crippen LogP contribution is 2.22. The predicted molar refractivity (Wildman–Crippen MR) is 85.9 cm³/mol. The number of rotatable bonds is 6. The Hall–Kier alpha value is -1.81. The third-order valence-corrected chi connectivity index (χ3v) is 3.99. The summed E-state index contributed by atoms with van der Waals surface area (Å²) in [6, 6.07) is 6.35. The molecule has 0 aliphatic carbocycles. The summed E-state index contributed by atoms with van der Waals surface area (Å²) in [5.74, 6) is 0.917. The fourth-order valence-corrected chi connectivity index (χ4v) is 2.44. The lowest BCUT2D eigenvalue weighted by atomic mass is 10.1. The SMILES string of the molecule is CCNCc1ccc(OC)c(Cn2nc(C)c(C)c2C)c1. The van der Waals surface area contributed by atoms with Crippen molar-refractivity contribution in [3.05, 3.63) is 46.3 Å². The maximum absolute atomic E-state index is 5.49. The van der Waals surface area contributed by atoms with Gasteiger partial charge >= 0.3 is 0 Å². The van der Waals surface area contributed by atoms with Crippen LogP contribution in [0, 0.1) is 20.8 Å². The van der Waals surface area contributed by atoms with Crippen molar-refractivity contribution >= 4 is 0 Å². The van der Waals surface area contributed by atoms with E-state index in [0.29, 0.717) is 0 Å². The number of ether oxygens (including phenoxy) is 1. The van der Waals surface area contributed by atoms with Crippen molar-refractivity contribution in [2.75, 3.05) is 13.7 Å². The second-order valence-electron chi connectivity index (χ2n) is 5.38. The molecule has 1 heterocycles. The van der Waals surface area contributed by atoms with E-state index in [0.717, 1.165) is 31.1 Å². The lowest BCUT2D eigenvalue weighted by Crippen LogP contribution is -2.12. The van der Waals surface area contributed by atoms with E-state index >= 15 is 0 Å². The molecule has 2 aromatic rings. The number of hydrogen-bond donors (Lipinski definition) is 1. The summed E-state index contributed by atoms with van der Waals surface area (Å²) in [6.45, 7) is 11.0. The molecule has 0 saturated heterocycles. The lowest BCUT2D eigenvalue weighted by molar-refractivity contribution is 0.406. The highest BCUT2D eigenvalue weighted by Gasteiger charge is 2.11. The zero-order valence-electron chi connectivity index (χ0n) is 13.7. The molecular weight excluding hydrogens is 262 g/mol. The van der Waals surface area contributed by atoms with Gasteiger partial charge in [0.15, 0.2) is 0 Å². The summed E-state index contributed by atoms with van der Waals surface area (Å²) in [6.07, 6.45) is 0. The van der Waals surface area contributed by atoms with Gasteiger partial charge in [-0.05, 0) is 50.6 Å². The molecule has 0 radical (unpaired) electrons. The Morgan fingerprint density at radius 2 is 2.00 bits per heavy atom. The molecule has 0 saturated carbocycles. The summed E-state index contributed by atoms with van der Waals surface area (Å²) < 4.78 is 7.55. The van der Waals surface area contributed by atoms with Crippen molar-refractivity contribution in [2.24, 2.45) is 0 Å². The Morgan fingerprint density at radius 1 is 1.24 bits per heavy atom. The quantitative estimate of drug-likeness (QED) is 0.888. The predicted octanol–water partition coefficient (Wildman–Crippen LogP) is 2.97. The maximum Gasteiger partial charge on any atom is 0.123 e. The number of hydrogen-bond acceptors (Lipinski definition) is 3. The highest BCUT2D eigenvalue weighted by molar-refractivity contribution is 5.38. The van der Waals surface area contributed by atoms with Gasteiger partial charge in [0.2, 0.25) is 0 Å². The van der Waals surface area contributed by atoms with Gasteiger partial charge in [0.05, 0.1) is 19.3 Å². The van der Waals surface area contributed by atoms with Crippen LogP contribution in [0.15, 0.2) is 18.2 Å². The Morgan fingerprint density at radius 3 is 2.57 bits per heavy atom. The normalized spacial score (nSPS) is 10.9. The zero-order valence-corrected chi connectivity index (χ0v) is 13.7. The van der Waals surface area contributed by atoms with Gasteiger partial charge in [0.25, 0.3) is 0 Å². The van der Waals surface area contributed by atoms with Crippen LogP contribution in [0.2, 0.25) is 0 Å². The van der Waals surface area contributed by atoms with Gasteiger partial charge < -0.3 is 10.1 Å². The minimum atomic E-state index is 0.740. The first kappa shape index (κ1) is 15.6. The van der Waals surface area contributed by atoms with Crippen molar-refractivity contribution in [1.82, 2.24) is 15.1 Å². The number of nitrogens with zero attached hydrogens (tertiary/aromatic N) is 2. The molecule has 0 fully saturated rings. The molecule has 0 aliphatic heterocycles. The number of aromatic nitrogens is 2. The second kappa shape index (κ2) is 6.76. The average molecular weight is 287 g/mol. The molecule has 1 aromatic carbocycles. The summed E-state index contributed by atoms with van der Waals surface area (Å²) in [7, 11) is 1.72. The Bertz CT molecular complexity index is 617. The average Bonchev–Trinajstić information content (AvgIpc) is 2.72. The van der Waals surface area contributed by atoms with Crippen LogP contribution in [0.3, 0.4) is 0 Å². The number of nitrogens with one attached hydrogen (secondary N) is 1. The number of benzene rings is 1. The fraction of sp³-hybridized carbons (Fsp3) is 0.471. The molecule has 4 nitrogen and oxygen atoms in total. The molecule has 2 rings (SSSR count). The zero-order chi connectivity index (χ0) is 15.4. The van der Waals surface area contributed by atoms with Crippen LogP contribution in [0.1, 0.15) is 35.0 Å². The van der Waals surface area contributed by atoms with Crippen LogP contribution in [0.4, 0.5) is 0 Å². The van der Waals surface area contributed by atoms with Crippen molar-refractivity contribution < 1.29 is 4.74 Å². The van der Waals surface area contributed by atoms with E-state index in [2.05, 4.69) is 54.9 Å². The second-order valence-corrected chi connectivity index (χ2v) is 5.38. The van der Waals surface area contributed by atoms with Crippen molar-refractivity contribution in [3.63, 3.8) is 0 Å². The monoisotopic (exact) mass is 287 g/mol. The summed E-state index contributed by atoms with van der Waals surface area (Å²) in [5.41, 5.74) is 6.00. The molecule has 21 heavy (non-hydrogen) atoms. The minimum Gasteiger partial charge on any atom is -0.496 e. The fourth-order valence-electron chi connectivity index (χ4n) is 2.44. The van der Waals surface area contributed by atoms with E-state index < -0.39 is 0 Å². The third-order valence-electron chi connectivity index (χ3n) is 3.99. The van der Waals surface area contributed by atoms with Crippen molar-refractivity contribution in [1.29, 1.82) is 0 Å². The lowest BCUT2D eigenvalue weighted by Gasteiger charge is -2.12. The van der Waals surface area contributed by atoms with E-state index in [9.17, 15) is 0 Å². The number of aryl methyl sites for hydroxylation is 1. The third kappa shape index (κ3) is 3.45. The molecule has 1 aromatic heterocycles. The van der Waals surface area contributed by atoms with Crippen LogP contribution in [0.25, 0.3) is 0 Å². The Kier molecular flexibility index (Phi) is 5.02. The van der Waals surface area contributed by atoms with E-state index in [4.69, 9.17) is 4.74 Å². The van der Waals surface area contributed by atoms with Gasteiger partial charge in [-0.25, -0.2) is 0 Å². The molecule has 0 unspecified atom stereocenters. The molecule has 0 amide bonds. The van der Waals surface area contributed by atoms with E-state index in [-0.39, 0.29) is 0 Å².